The number of amides is 1. The van der Waals surface area contributed by atoms with Crippen LogP contribution in [0.2, 0.25) is 0 Å². The SMILES string of the molecule is Cn1cccc1C(=O)CN(CC(N)=O)C1CCCC1. The number of aryl methyl sites for hydroxylation is 1. The second kappa shape index (κ2) is 6.02. The van der Waals surface area contributed by atoms with Gasteiger partial charge >= 0.3 is 0 Å². The molecule has 19 heavy (non-hydrogen) atoms. The maximum atomic E-state index is 12.3. The Morgan fingerprint density at radius 1 is 1.37 bits per heavy atom. The van der Waals surface area contributed by atoms with Crippen molar-refractivity contribution in [2.45, 2.75) is 31.7 Å². The molecule has 0 unspecified atom stereocenters. The Morgan fingerprint density at radius 3 is 2.58 bits per heavy atom. The van der Waals surface area contributed by atoms with Crippen LogP contribution in [0.15, 0.2) is 18.3 Å². The molecule has 1 aromatic rings. The Labute approximate surface area is 113 Å². The molecule has 0 saturated heterocycles. The molecule has 0 bridgehead atoms. The largest absolute Gasteiger partial charge is 0.369 e. The summed E-state index contributed by atoms with van der Waals surface area (Å²) < 4.78 is 1.80. The molecular weight excluding hydrogens is 242 g/mol. The van der Waals surface area contributed by atoms with Crippen molar-refractivity contribution in [2.24, 2.45) is 12.8 Å². The van der Waals surface area contributed by atoms with E-state index >= 15 is 0 Å². The summed E-state index contributed by atoms with van der Waals surface area (Å²) in [6, 6.07) is 3.97. The number of hydrogen-bond acceptors (Lipinski definition) is 3. The van der Waals surface area contributed by atoms with Gasteiger partial charge in [-0.15, -0.1) is 0 Å². The van der Waals surface area contributed by atoms with Crippen LogP contribution in [0.4, 0.5) is 0 Å². The van der Waals surface area contributed by atoms with Gasteiger partial charge in [0.2, 0.25) is 5.91 Å². The number of Topliss-reactive ketones (excluding diaryl/α,β-unsaturated/α-hetero) is 1. The summed E-state index contributed by atoms with van der Waals surface area (Å²) >= 11 is 0. The summed E-state index contributed by atoms with van der Waals surface area (Å²) in [5, 5.41) is 0. The number of nitrogens with two attached hydrogens (primary N) is 1. The first kappa shape index (κ1) is 13.8. The third kappa shape index (κ3) is 3.44. The second-order valence-electron chi connectivity index (χ2n) is 5.24. The number of ketones is 1. The van der Waals surface area contributed by atoms with Crippen molar-refractivity contribution in [2.75, 3.05) is 13.1 Å². The first-order valence-electron chi connectivity index (χ1n) is 6.75. The summed E-state index contributed by atoms with van der Waals surface area (Å²) in [7, 11) is 1.85. The van der Waals surface area contributed by atoms with Crippen LogP contribution in [0.25, 0.3) is 0 Å². The molecule has 0 aromatic carbocycles. The number of hydrogen-bond donors (Lipinski definition) is 1. The van der Waals surface area contributed by atoms with Gasteiger partial charge in [-0.3, -0.25) is 14.5 Å². The fourth-order valence-electron chi connectivity index (χ4n) is 2.80. The van der Waals surface area contributed by atoms with Crippen LogP contribution in [0, 0.1) is 0 Å². The highest BCUT2D eigenvalue weighted by molar-refractivity contribution is 5.96. The van der Waals surface area contributed by atoms with E-state index in [2.05, 4.69) is 0 Å². The molecule has 0 radical (unpaired) electrons. The predicted octanol–water partition coefficient (Wildman–Crippen LogP) is 0.938. The Hall–Kier alpha value is -1.62. The number of nitrogens with zero attached hydrogens (tertiary/aromatic N) is 2. The minimum Gasteiger partial charge on any atom is -0.369 e. The van der Waals surface area contributed by atoms with Gasteiger partial charge in [-0.1, -0.05) is 12.8 Å². The molecule has 104 valence electrons. The topological polar surface area (TPSA) is 68.3 Å². The van der Waals surface area contributed by atoms with Crippen molar-refractivity contribution < 1.29 is 9.59 Å². The summed E-state index contributed by atoms with van der Waals surface area (Å²) in [6.07, 6.45) is 6.28. The molecule has 1 fully saturated rings. The fourth-order valence-corrected chi connectivity index (χ4v) is 2.80. The van der Waals surface area contributed by atoms with Crippen LogP contribution in [0.3, 0.4) is 0 Å². The van der Waals surface area contributed by atoms with Gasteiger partial charge in [0.1, 0.15) is 0 Å². The lowest BCUT2D eigenvalue weighted by Gasteiger charge is -2.26. The summed E-state index contributed by atoms with van der Waals surface area (Å²) in [5.41, 5.74) is 5.96. The van der Waals surface area contributed by atoms with Crippen molar-refractivity contribution in [3.05, 3.63) is 24.0 Å². The van der Waals surface area contributed by atoms with Gasteiger partial charge in [0.05, 0.1) is 18.8 Å². The number of aromatic nitrogens is 1. The highest BCUT2D eigenvalue weighted by Crippen LogP contribution is 2.23. The molecule has 1 aromatic heterocycles. The van der Waals surface area contributed by atoms with E-state index in [1.807, 2.05) is 24.2 Å². The molecule has 0 aliphatic heterocycles. The van der Waals surface area contributed by atoms with E-state index in [0.717, 1.165) is 25.7 Å². The molecule has 1 aliphatic carbocycles. The smallest absolute Gasteiger partial charge is 0.231 e. The van der Waals surface area contributed by atoms with E-state index in [9.17, 15) is 9.59 Å². The van der Waals surface area contributed by atoms with E-state index in [1.54, 1.807) is 10.6 Å². The van der Waals surface area contributed by atoms with Gasteiger partial charge in [0.15, 0.2) is 5.78 Å². The van der Waals surface area contributed by atoms with Crippen LogP contribution in [0.5, 0.6) is 0 Å². The minimum atomic E-state index is -0.369. The third-order valence-corrected chi connectivity index (χ3v) is 3.78. The third-order valence-electron chi connectivity index (χ3n) is 3.78. The van der Waals surface area contributed by atoms with Crippen molar-refractivity contribution >= 4 is 11.7 Å². The average Bonchev–Trinajstić information content (AvgIpc) is 2.97. The van der Waals surface area contributed by atoms with Crippen LogP contribution in [-0.2, 0) is 11.8 Å². The average molecular weight is 263 g/mol. The molecule has 1 aliphatic rings. The minimum absolute atomic E-state index is 0.0423. The van der Waals surface area contributed by atoms with Gasteiger partial charge in [-0.05, 0) is 25.0 Å². The standard InChI is InChI=1S/C14H21N3O2/c1-16-8-4-7-12(16)13(18)9-17(10-14(15)19)11-5-2-3-6-11/h4,7-8,11H,2-3,5-6,9-10H2,1H3,(H2,15,19). The van der Waals surface area contributed by atoms with Crippen molar-refractivity contribution in [3.8, 4) is 0 Å². The maximum Gasteiger partial charge on any atom is 0.231 e. The lowest BCUT2D eigenvalue weighted by Crippen LogP contribution is -2.43. The molecule has 0 atom stereocenters. The fraction of sp³-hybridized carbons (Fsp3) is 0.571. The number of carbonyl (C=O) groups is 2. The predicted molar refractivity (Wildman–Crippen MR) is 72.8 cm³/mol. The molecule has 1 saturated carbocycles. The first-order chi connectivity index (χ1) is 9.08. The molecule has 2 rings (SSSR count). The lowest BCUT2D eigenvalue weighted by molar-refractivity contribution is -0.119. The summed E-state index contributed by atoms with van der Waals surface area (Å²) in [5.74, 6) is -0.327. The zero-order chi connectivity index (χ0) is 13.8. The van der Waals surface area contributed by atoms with Crippen LogP contribution in [0.1, 0.15) is 36.2 Å². The van der Waals surface area contributed by atoms with Crippen molar-refractivity contribution in [1.82, 2.24) is 9.47 Å². The number of primary amides is 1. The lowest BCUT2D eigenvalue weighted by atomic mass is 10.1. The van der Waals surface area contributed by atoms with E-state index < -0.39 is 0 Å². The second-order valence-corrected chi connectivity index (χ2v) is 5.24. The normalized spacial score (nSPS) is 16.1. The maximum absolute atomic E-state index is 12.3. The Bertz CT molecular complexity index is 461. The van der Waals surface area contributed by atoms with Crippen molar-refractivity contribution in [3.63, 3.8) is 0 Å². The molecule has 0 spiro atoms. The van der Waals surface area contributed by atoms with E-state index in [0.29, 0.717) is 11.7 Å². The highest BCUT2D eigenvalue weighted by atomic mass is 16.1. The van der Waals surface area contributed by atoms with Gasteiger partial charge in [0, 0.05) is 19.3 Å². The molecule has 5 heteroatoms. The number of carbonyl (C=O) groups excluding carboxylic acids is 2. The quantitative estimate of drug-likeness (QED) is 0.777. The van der Waals surface area contributed by atoms with E-state index in [4.69, 9.17) is 5.73 Å². The van der Waals surface area contributed by atoms with Crippen LogP contribution < -0.4 is 5.73 Å². The zero-order valence-electron chi connectivity index (χ0n) is 11.3. The molecule has 2 N–H and O–H groups in total. The molecular formula is C14H21N3O2. The number of rotatable bonds is 6. The molecule has 1 heterocycles. The molecule has 5 nitrogen and oxygen atoms in total. The zero-order valence-corrected chi connectivity index (χ0v) is 11.3. The Balaban J connectivity index is 2.04. The van der Waals surface area contributed by atoms with Crippen LogP contribution in [-0.4, -0.2) is 40.3 Å². The van der Waals surface area contributed by atoms with Gasteiger partial charge in [0.25, 0.3) is 0 Å². The monoisotopic (exact) mass is 263 g/mol. The van der Waals surface area contributed by atoms with E-state index in [1.165, 1.54) is 0 Å². The Kier molecular flexibility index (Phi) is 4.37. The molecule has 1 amide bonds. The van der Waals surface area contributed by atoms with Gasteiger partial charge in [-0.2, -0.15) is 0 Å². The summed E-state index contributed by atoms with van der Waals surface area (Å²) in [4.78, 5) is 25.4. The Morgan fingerprint density at radius 2 is 2.05 bits per heavy atom. The van der Waals surface area contributed by atoms with Gasteiger partial charge < -0.3 is 10.3 Å². The highest BCUT2D eigenvalue weighted by Gasteiger charge is 2.26. The van der Waals surface area contributed by atoms with Crippen LogP contribution >= 0.6 is 0 Å². The first-order valence-corrected chi connectivity index (χ1v) is 6.75. The summed E-state index contributed by atoms with van der Waals surface area (Å²) in [6.45, 7) is 0.437. The van der Waals surface area contributed by atoms with Crippen molar-refractivity contribution in [1.29, 1.82) is 0 Å². The van der Waals surface area contributed by atoms with E-state index in [-0.39, 0.29) is 24.8 Å². The van der Waals surface area contributed by atoms with Gasteiger partial charge in [-0.25, -0.2) is 0 Å².